The van der Waals surface area contributed by atoms with Crippen molar-refractivity contribution in [3.05, 3.63) is 0 Å². The van der Waals surface area contributed by atoms with Crippen molar-refractivity contribution >= 4 is 0 Å². The second-order valence-corrected chi connectivity index (χ2v) is 1.50. The second kappa shape index (κ2) is 15.7. The van der Waals surface area contributed by atoms with E-state index in [1.54, 1.807) is 0 Å². The molecule has 0 aliphatic rings. The van der Waals surface area contributed by atoms with E-state index in [0.29, 0.717) is 0 Å². The van der Waals surface area contributed by atoms with Crippen molar-refractivity contribution in [1.29, 1.82) is 0 Å². The molecule has 0 spiro atoms. The minimum absolute atomic E-state index is 0.195. The predicted molar refractivity (Wildman–Crippen MR) is 24.8 cm³/mol. The van der Waals surface area contributed by atoms with Gasteiger partial charge in [0.05, 0.1) is 0 Å². The predicted octanol–water partition coefficient (Wildman–Crippen LogP) is -0.489. The monoisotopic (exact) mass is 170 g/mol. The summed E-state index contributed by atoms with van der Waals surface area (Å²) >= 11 is -2.00. The van der Waals surface area contributed by atoms with Crippen molar-refractivity contribution in [2.45, 2.75) is 12.8 Å². The van der Waals surface area contributed by atoms with Crippen molar-refractivity contribution in [3.63, 3.8) is 0 Å². The van der Waals surface area contributed by atoms with Gasteiger partial charge in [0.2, 0.25) is 0 Å². The van der Waals surface area contributed by atoms with Gasteiger partial charge in [-0.05, 0) is 12.8 Å². The molecule has 0 saturated heterocycles. The van der Waals surface area contributed by atoms with Crippen LogP contribution in [-0.4, -0.2) is 23.4 Å². The Morgan fingerprint density at radius 3 is 1.33 bits per heavy atom. The molecule has 0 aromatic heterocycles. The van der Waals surface area contributed by atoms with E-state index in [9.17, 15) is 0 Å². The Hall–Kier alpha value is 0.234. The van der Waals surface area contributed by atoms with E-state index in [2.05, 4.69) is 0 Å². The molecule has 0 heterocycles. The van der Waals surface area contributed by atoms with Crippen LogP contribution in [0.4, 0.5) is 0 Å². The van der Waals surface area contributed by atoms with Crippen LogP contribution in [0, 0.1) is 0 Å². The van der Waals surface area contributed by atoms with Crippen LogP contribution < -0.4 is 0 Å². The Morgan fingerprint density at radius 1 is 1.00 bits per heavy atom. The molecule has 0 aromatic carbocycles. The van der Waals surface area contributed by atoms with Crippen molar-refractivity contribution < 1.29 is 36.0 Å². The molecule has 9 heavy (non-hydrogen) atoms. The van der Waals surface area contributed by atoms with Crippen LogP contribution in [0.3, 0.4) is 0 Å². The molecule has 0 saturated carbocycles. The fraction of sp³-hybridized carbons (Fsp3) is 1.00. The first-order chi connectivity index (χ1) is 4.33. The van der Waals surface area contributed by atoms with Crippen LogP contribution in [0.15, 0.2) is 0 Å². The third-order valence-corrected chi connectivity index (χ3v) is 0.566. The molecule has 5 heteroatoms. The van der Waals surface area contributed by atoms with Crippen LogP contribution in [-0.2, 0) is 25.7 Å². The van der Waals surface area contributed by atoms with Crippen LogP contribution >= 0.6 is 0 Å². The van der Waals surface area contributed by atoms with Gasteiger partial charge in [-0.1, -0.05) is 0 Å². The SMILES string of the molecule is OCCCCO.[O]=[Ti]=[O]. The van der Waals surface area contributed by atoms with Crippen LogP contribution in [0.2, 0.25) is 0 Å². The van der Waals surface area contributed by atoms with Gasteiger partial charge in [0.1, 0.15) is 0 Å². The first kappa shape index (κ1) is 12.0. The number of aliphatic hydroxyl groups is 2. The molecule has 0 aromatic rings. The maximum atomic E-state index is 8.50. The summed E-state index contributed by atoms with van der Waals surface area (Å²) in [7, 11) is 0. The molecule has 0 amide bonds. The van der Waals surface area contributed by atoms with E-state index < -0.39 is 19.1 Å². The van der Waals surface area contributed by atoms with Crippen molar-refractivity contribution in [1.82, 2.24) is 0 Å². The zero-order valence-electron chi connectivity index (χ0n) is 5.04. The average Bonchev–Trinajstić information content (AvgIpc) is 1.86. The first-order valence-corrected chi connectivity index (χ1v) is 3.82. The Balaban J connectivity index is 0. The number of hydrogen-bond acceptors (Lipinski definition) is 4. The molecular formula is C4H10O4Ti. The fourth-order valence-corrected chi connectivity index (χ4v) is 0.224. The Morgan fingerprint density at radius 2 is 1.22 bits per heavy atom. The average molecular weight is 170 g/mol. The van der Waals surface area contributed by atoms with E-state index in [1.165, 1.54) is 0 Å². The van der Waals surface area contributed by atoms with Gasteiger partial charge in [-0.25, -0.2) is 0 Å². The van der Waals surface area contributed by atoms with Gasteiger partial charge in [0.15, 0.2) is 0 Å². The quantitative estimate of drug-likeness (QED) is 0.442. The van der Waals surface area contributed by atoms with Gasteiger partial charge in [-0.15, -0.1) is 0 Å². The summed E-state index contributed by atoms with van der Waals surface area (Å²) < 4.78 is 17.0. The molecule has 0 unspecified atom stereocenters. The molecule has 0 fully saturated rings. The molecule has 54 valence electrons. The van der Waals surface area contributed by atoms with Gasteiger partial charge in [-0.3, -0.25) is 0 Å². The summed E-state index contributed by atoms with van der Waals surface area (Å²) in [4.78, 5) is 0. The van der Waals surface area contributed by atoms with Crippen molar-refractivity contribution in [2.24, 2.45) is 0 Å². The molecule has 2 N–H and O–H groups in total. The molecule has 0 radical (unpaired) electrons. The molecule has 4 nitrogen and oxygen atoms in total. The molecule has 0 atom stereocenters. The van der Waals surface area contributed by atoms with E-state index in [-0.39, 0.29) is 13.2 Å². The van der Waals surface area contributed by atoms with Gasteiger partial charge in [0, 0.05) is 13.2 Å². The van der Waals surface area contributed by atoms with Crippen LogP contribution in [0.25, 0.3) is 0 Å². The molecule has 0 bridgehead atoms. The number of rotatable bonds is 3. The summed E-state index contributed by atoms with van der Waals surface area (Å²) in [5.41, 5.74) is 0. The van der Waals surface area contributed by atoms with Gasteiger partial charge in [-0.2, -0.15) is 0 Å². The molecule has 0 aliphatic carbocycles. The molecular weight excluding hydrogens is 160 g/mol. The van der Waals surface area contributed by atoms with E-state index in [0.717, 1.165) is 12.8 Å². The molecule has 0 rings (SSSR count). The third kappa shape index (κ3) is 30.6. The number of aliphatic hydroxyl groups excluding tert-OH is 2. The van der Waals surface area contributed by atoms with E-state index in [4.69, 9.17) is 16.9 Å². The van der Waals surface area contributed by atoms with Gasteiger partial charge >= 0.3 is 25.7 Å². The summed E-state index contributed by atoms with van der Waals surface area (Å²) in [5, 5.41) is 16.2. The maximum absolute atomic E-state index is 8.50. The summed E-state index contributed by atoms with van der Waals surface area (Å²) in [6.45, 7) is 0.390. The van der Waals surface area contributed by atoms with E-state index >= 15 is 0 Å². The number of unbranched alkanes of at least 4 members (excludes halogenated alkanes) is 1. The van der Waals surface area contributed by atoms with Gasteiger partial charge < -0.3 is 10.2 Å². The number of hydrogen-bond donors (Lipinski definition) is 2. The third-order valence-electron chi connectivity index (χ3n) is 0.566. The first-order valence-electron chi connectivity index (χ1n) is 2.54. The minimum atomic E-state index is -2.00. The zero-order chi connectivity index (χ0) is 7.54. The van der Waals surface area contributed by atoms with Crippen LogP contribution in [0.1, 0.15) is 12.8 Å². The Labute approximate surface area is 62.5 Å². The fourth-order valence-electron chi connectivity index (χ4n) is 0.224. The summed E-state index contributed by atoms with van der Waals surface area (Å²) in [6, 6.07) is 0. The normalized spacial score (nSPS) is 6.89. The summed E-state index contributed by atoms with van der Waals surface area (Å²) in [5.74, 6) is 0. The Kier molecular flexibility index (Phi) is 20.9. The zero-order valence-corrected chi connectivity index (χ0v) is 6.60. The van der Waals surface area contributed by atoms with Crippen molar-refractivity contribution in [2.75, 3.05) is 13.2 Å². The molecule has 0 aliphatic heterocycles. The summed E-state index contributed by atoms with van der Waals surface area (Å²) in [6.07, 6.45) is 1.44. The van der Waals surface area contributed by atoms with E-state index in [1.807, 2.05) is 0 Å². The van der Waals surface area contributed by atoms with Gasteiger partial charge in [0.25, 0.3) is 0 Å². The standard InChI is InChI=1S/C4H10O2.2O.Ti/c5-3-1-2-4-6;;;/h5-6H,1-4H2;;;. The topological polar surface area (TPSA) is 74.6 Å². The second-order valence-electron chi connectivity index (χ2n) is 1.24. The van der Waals surface area contributed by atoms with Crippen molar-refractivity contribution in [3.8, 4) is 0 Å². The van der Waals surface area contributed by atoms with Crippen LogP contribution in [0.5, 0.6) is 0 Å². The Bertz CT molecular complexity index is 65.0.